The summed E-state index contributed by atoms with van der Waals surface area (Å²) in [5, 5.41) is 14.1. The number of piperazine rings is 1. The molecule has 2 unspecified atom stereocenters. The van der Waals surface area contributed by atoms with Crippen LogP contribution in [0.2, 0.25) is 5.02 Å². The molecule has 4 fully saturated rings. The molecule has 2 aliphatic heterocycles. The van der Waals surface area contributed by atoms with Gasteiger partial charge in [0.05, 0.1) is 12.2 Å². The van der Waals surface area contributed by atoms with Gasteiger partial charge in [-0.15, -0.1) is 0 Å². The maximum atomic E-state index is 13.9. The number of rotatable bonds is 8. The van der Waals surface area contributed by atoms with Crippen LogP contribution < -0.4 is 9.80 Å². The SMILES string of the molecule is O=C(O)c1cnn(C2CCCN(c3cc(Cl)ccc3-c3ccc(N4CCN(CC5CC56CC6)CC4)cc3)C2)c1C(F)F. The third-order valence-electron chi connectivity index (χ3n) is 9.96. The summed E-state index contributed by atoms with van der Waals surface area (Å²) >= 11 is 6.46. The van der Waals surface area contributed by atoms with Crippen molar-refractivity contribution in [3.63, 3.8) is 0 Å². The molecule has 1 N–H and O–H groups in total. The molecule has 7 nitrogen and oxygen atoms in total. The summed E-state index contributed by atoms with van der Waals surface area (Å²) in [6.07, 6.45) is 3.86. The first-order chi connectivity index (χ1) is 20.3. The standard InChI is InChI=1S/C32H36ClF2N5O2/c33-23-5-8-26(21-3-6-24(7-4-21)38-14-12-37(13-15-38)19-22-17-32(22)9-10-32)28(16-23)39-11-1-2-25(20-39)40-29(30(34)35)27(18-36-40)31(41)42/h3-8,16,18,22,25,30H,1-2,9-15,17,19-20H2,(H,41,42). The van der Waals surface area contributed by atoms with Gasteiger partial charge >= 0.3 is 5.97 Å². The van der Waals surface area contributed by atoms with E-state index in [1.165, 1.54) is 36.2 Å². The predicted octanol–water partition coefficient (Wildman–Crippen LogP) is 6.60. The van der Waals surface area contributed by atoms with E-state index >= 15 is 0 Å². The number of hydrogen-bond acceptors (Lipinski definition) is 5. The summed E-state index contributed by atoms with van der Waals surface area (Å²) in [6.45, 7) is 6.75. The number of anilines is 2. The van der Waals surface area contributed by atoms with Crippen LogP contribution in [0.4, 0.5) is 20.2 Å². The smallest absolute Gasteiger partial charge is 0.339 e. The molecule has 0 radical (unpaired) electrons. The molecule has 1 aromatic heterocycles. The molecule has 1 spiro atoms. The zero-order chi connectivity index (χ0) is 29.0. The van der Waals surface area contributed by atoms with Crippen LogP contribution in [0, 0.1) is 11.3 Å². The Kier molecular flexibility index (Phi) is 7.13. The van der Waals surface area contributed by atoms with Crippen molar-refractivity contribution in [2.75, 3.05) is 55.6 Å². The average molecular weight is 596 g/mol. The monoisotopic (exact) mass is 595 g/mol. The number of carbonyl (C=O) groups is 1. The topological polar surface area (TPSA) is 64.8 Å². The van der Waals surface area contributed by atoms with E-state index in [2.05, 4.69) is 44.1 Å². The molecule has 10 heteroatoms. The van der Waals surface area contributed by atoms with Gasteiger partial charge < -0.3 is 14.9 Å². The Morgan fingerprint density at radius 1 is 1.05 bits per heavy atom. The van der Waals surface area contributed by atoms with Crippen molar-refractivity contribution >= 4 is 28.9 Å². The fourth-order valence-electron chi connectivity index (χ4n) is 7.24. The van der Waals surface area contributed by atoms with Crippen LogP contribution in [0.1, 0.15) is 60.6 Å². The molecule has 2 atom stereocenters. The molecule has 0 amide bonds. The van der Waals surface area contributed by atoms with Gasteiger partial charge in [-0.1, -0.05) is 29.8 Å². The highest BCUT2D eigenvalue weighted by Gasteiger charge is 2.62. The highest BCUT2D eigenvalue weighted by atomic mass is 35.5. The van der Waals surface area contributed by atoms with Gasteiger partial charge in [-0.3, -0.25) is 9.58 Å². The maximum Gasteiger partial charge on any atom is 0.339 e. The van der Waals surface area contributed by atoms with Crippen LogP contribution in [-0.4, -0.2) is 71.6 Å². The molecule has 3 heterocycles. The van der Waals surface area contributed by atoms with Crippen molar-refractivity contribution in [3.8, 4) is 11.1 Å². The lowest BCUT2D eigenvalue weighted by Gasteiger charge is -2.37. The number of nitrogens with zero attached hydrogens (tertiary/aromatic N) is 5. The van der Waals surface area contributed by atoms with Gasteiger partial charge in [-0.2, -0.15) is 5.10 Å². The highest BCUT2D eigenvalue weighted by molar-refractivity contribution is 6.31. The van der Waals surface area contributed by atoms with Crippen LogP contribution in [0.3, 0.4) is 0 Å². The van der Waals surface area contributed by atoms with E-state index in [1.54, 1.807) is 0 Å². The van der Waals surface area contributed by atoms with Gasteiger partial charge in [0.2, 0.25) is 0 Å². The van der Waals surface area contributed by atoms with E-state index in [-0.39, 0.29) is 6.04 Å². The van der Waals surface area contributed by atoms with E-state index < -0.39 is 23.7 Å². The van der Waals surface area contributed by atoms with Gasteiger partial charge in [-0.25, -0.2) is 13.6 Å². The van der Waals surface area contributed by atoms with Gasteiger partial charge in [0.25, 0.3) is 6.43 Å². The number of benzene rings is 2. The number of hydrogen-bond donors (Lipinski definition) is 1. The third kappa shape index (κ3) is 5.26. The first-order valence-corrected chi connectivity index (χ1v) is 15.4. The van der Waals surface area contributed by atoms with Crippen molar-refractivity contribution in [3.05, 3.63) is 64.9 Å². The molecule has 4 aliphatic rings. The number of aromatic nitrogens is 2. The summed E-state index contributed by atoms with van der Waals surface area (Å²) in [5.41, 5.74) is 4.04. The highest BCUT2D eigenvalue weighted by Crippen LogP contribution is 2.70. The first kappa shape index (κ1) is 27.7. The quantitative estimate of drug-likeness (QED) is 0.316. The zero-order valence-corrected chi connectivity index (χ0v) is 24.3. The molecular formula is C32H36ClF2N5O2. The van der Waals surface area contributed by atoms with Crippen molar-refractivity contribution in [1.82, 2.24) is 14.7 Å². The van der Waals surface area contributed by atoms with E-state index in [0.29, 0.717) is 18.0 Å². The Bertz CT molecular complexity index is 1470. The third-order valence-corrected chi connectivity index (χ3v) is 10.2. The Morgan fingerprint density at radius 3 is 2.48 bits per heavy atom. The number of carboxylic acid groups (broad SMARTS) is 1. The number of aromatic carboxylic acids is 1. The molecule has 222 valence electrons. The first-order valence-electron chi connectivity index (χ1n) is 15.0. The summed E-state index contributed by atoms with van der Waals surface area (Å²) in [7, 11) is 0. The minimum absolute atomic E-state index is 0.376. The molecule has 0 bridgehead atoms. The lowest BCUT2D eigenvalue weighted by molar-refractivity contribution is 0.0681. The second kappa shape index (κ2) is 10.8. The Balaban J connectivity index is 1.06. The Hall–Kier alpha value is -3.17. The van der Waals surface area contributed by atoms with E-state index in [4.69, 9.17) is 11.6 Å². The van der Waals surface area contributed by atoms with Crippen molar-refractivity contribution in [2.45, 2.75) is 44.6 Å². The minimum atomic E-state index is -2.93. The largest absolute Gasteiger partial charge is 0.478 e. The molecule has 42 heavy (non-hydrogen) atoms. The molecular weight excluding hydrogens is 560 g/mol. The molecule has 2 saturated carbocycles. The van der Waals surface area contributed by atoms with Crippen LogP contribution in [0.5, 0.6) is 0 Å². The Morgan fingerprint density at radius 2 is 1.81 bits per heavy atom. The minimum Gasteiger partial charge on any atom is -0.478 e. The predicted molar refractivity (Wildman–Crippen MR) is 160 cm³/mol. The average Bonchev–Trinajstić information content (AvgIpc) is 3.86. The fourth-order valence-corrected chi connectivity index (χ4v) is 7.41. The van der Waals surface area contributed by atoms with Crippen molar-refractivity contribution < 1.29 is 18.7 Å². The van der Waals surface area contributed by atoms with Crippen LogP contribution in [0.15, 0.2) is 48.7 Å². The van der Waals surface area contributed by atoms with Crippen molar-refractivity contribution in [2.24, 2.45) is 11.3 Å². The molecule has 7 rings (SSSR count). The number of halogens is 3. The van der Waals surface area contributed by atoms with E-state index in [1.807, 2.05) is 18.2 Å². The van der Waals surface area contributed by atoms with Crippen LogP contribution >= 0.6 is 11.6 Å². The number of alkyl halides is 2. The number of piperidine rings is 1. The van der Waals surface area contributed by atoms with E-state index in [9.17, 15) is 18.7 Å². The van der Waals surface area contributed by atoms with Crippen LogP contribution in [-0.2, 0) is 0 Å². The molecule has 2 aliphatic carbocycles. The van der Waals surface area contributed by atoms with Crippen molar-refractivity contribution in [1.29, 1.82) is 0 Å². The maximum absolute atomic E-state index is 13.9. The van der Waals surface area contributed by atoms with Gasteiger partial charge in [0, 0.05) is 67.8 Å². The normalized spacial score (nSPS) is 23.5. The second-order valence-electron chi connectivity index (χ2n) is 12.5. The van der Waals surface area contributed by atoms with Gasteiger partial charge in [0.1, 0.15) is 11.3 Å². The summed E-state index contributed by atoms with van der Waals surface area (Å²) in [6, 6.07) is 14.1. The van der Waals surface area contributed by atoms with E-state index in [0.717, 1.165) is 73.5 Å². The van der Waals surface area contributed by atoms with Gasteiger partial charge in [-0.05, 0) is 73.3 Å². The van der Waals surface area contributed by atoms with Crippen LogP contribution in [0.25, 0.3) is 11.1 Å². The molecule has 2 saturated heterocycles. The lowest BCUT2D eigenvalue weighted by atomic mass is 9.99. The fraction of sp³-hybridized carbons (Fsp3) is 0.500. The number of carboxylic acids is 1. The Labute approximate surface area is 249 Å². The lowest BCUT2D eigenvalue weighted by Crippen LogP contribution is -2.47. The van der Waals surface area contributed by atoms with Gasteiger partial charge in [0.15, 0.2) is 0 Å². The summed E-state index contributed by atoms with van der Waals surface area (Å²) in [4.78, 5) is 18.8. The zero-order valence-electron chi connectivity index (χ0n) is 23.6. The molecule has 2 aromatic carbocycles. The molecule has 3 aromatic rings. The second-order valence-corrected chi connectivity index (χ2v) is 12.9. The summed E-state index contributed by atoms with van der Waals surface area (Å²) in [5.74, 6) is -0.448. The summed E-state index contributed by atoms with van der Waals surface area (Å²) < 4.78 is 29.0.